The normalized spacial score (nSPS) is 12.8. The number of hydrogen-bond acceptors (Lipinski definition) is 3. The Morgan fingerprint density at radius 2 is 1.24 bits per heavy atom. The number of hydrogen-bond donors (Lipinski definition) is 0. The molecule has 0 unspecified atom stereocenters. The molecule has 5 aromatic rings. The van der Waals surface area contributed by atoms with Crippen molar-refractivity contribution in [3.8, 4) is 0 Å². The van der Waals surface area contributed by atoms with Crippen molar-refractivity contribution in [2.75, 3.05) is 0 Å². The van der Waals surface area contributed by atoms with Crippen LogP contribution >= 0.6 is 11.3 Å². The van der Waals surface area contributed by atoms with Crippen LogP contribution in [0.1, 0.15) is 48.7 Å². The van der Waals surface area contributed by atoms with Gasteiger partial charge in [0.2, 0.25) is 0 Å². The van der Waals surface area contributed by atoms with E-state index in [-0.39, 0.29) is 0 Å². The van der Waals surface area contributed by atoms with Crippen LogP contribution in [0.4, 0.5) is 0 Å². The van der Waals surface area contributed by atoms with Crippen molar-refractivity contribution in [1.29, 1.82) is 0 Å². The van der Waals surface area contributed by atoms with Gasteiger partial charge in [0.25, 0.3) is 0 Å². The summed E-state index contributed by atoms with van der Waals surface area (Å²) in [5, 5.41) is 2.79. The van der Waals surface area contributed by atoms with E-state index in [1.54, 1.807) is 0 Å². The Kier molecular flexibility index (Phi) is 5.60. The molecule has 3 aromatic heterocycles. The molecule has 3 heterocycles. The van der Waals surface area contributed by atoms with Gasteiger partial charge in [-0.1, -0.05) is 0 Å². The fourth-order valence-electron chi connectivity index (χ4n) is 3.50. The molecule has 5 rings (SSSR count). The standard InChI is InChI=1S/C24H22N2SSe2/c1-3-5-7-9-23-25-17-13-19-15(11-21(17)28-23)16-12-22-18(14-20(16)27-19)26-24(29-22)10-8-6-4-2/h7-14H,3-6H2,1-2H3/b9-7+,10-8+. The minimum absolute atomic E-state index is 0.322. The fourth-order valence-corrected chi connectivity index (χ4v) is 8.49. The van der Waals surface area contributed by atoms with E-state index in [4.69, 9.17) is 9.97 Å². The third kappa shape index (κ3) is 3.83. The number of benzene rings is 2. The first-order valence-electron chi connectivity index (χ1n) is 10.2. The van der Waals surface area contributed by atoms with Gasteiger partial charge in [-0.05, 0) is 0 Å². The summed E-state index contributed by atoms with van der Waals surface area (Å²) in [5.41, 5.74) is 2.36. The van der Waals surface area contributed by atoms with Crippen molar-refractivity contribution in [3.05, 3.63) is 45.6 Å². The number of aromatic nitrogens is 2. The van der Waals surface area contributed by atoms with Gasteiger partial charge >= 0.3 is 187 Å². The van der Waals surface area contributed by atoms with Crippen LogP contribution in [0.15, 0.2) is 36.4 Å². The molecule has 0 aliphatic heterocycles. The molecule has 0 atom stereocenters. The zero-order valence-electron chi connectivity index (χ0n) is 16.6. The Bertz CT molecular complexity index is 1280. The fraction of sp³-hybridized carbons (Fsp3) is 0.250. The summed E-state index contributed by atoms with van der Waals surface area (Å²) in [6.45, 7) is 4.43. The number of thiophene rings is 1. The van der Waals surface area contributed by atoms with Crippen molar-refractivity contribution in [2.45, 2.75) is 39.5 Å². The molecule has 0 amide bonds. The second-order valence-corrected chi connectivity index (χ2v) is 12.8. The molecule has 0 saturated carbocycles. The van der Waals surface area contributed by atoms with E-state index in [2.05, 4.69) is 62.4 Å². The summed E-state index contributed by atoms with van der Waals surface area (Å²) in [4.78, 5) is 9.78. The molecule has 2 aromatic carbocycles. The first-order valence-corrected chi connectivity index (χ1v) is 14.4. The zero-order chi connectivity index (χ0) is 19.8. The van der Waals surface area contributed by atoms with Gasteiger partial charge in [-0.15, -0.1) is 0 Å². The van der Waals surface area contributed by atoms with E-state index < -0.39 is 0 Å². The molecular formula is C24H22N2SSe2. The van der Waals surface area contributed by atoms with Gasteiger partial charge in [-0.2, -0.15) is 0 Å². The number of rotatable bonds is 6. The molecule has 0 aliphatic rings. The molecule has 0 bridgehead atoms. The van der Waals surface area contributed by atoms with Crippen LogP contribution in [-0.2, 0) is 0 Å². The van der Waals surface area contributed by atoms with E-state index >= 15 is 0 Å². The SMILES string of the molecule is CCC/C=C/c1nc2cc3sc4cc5nc(/C=C/CCC)[se]c5cc4c3cc2[se]1. The maximum absolute atomic E-state index is 4.89. The van der Waals surface area contributed by atoms with E-state index in [1.165, 1.54) is 61.7 Å². The molecule has 2 nitrogen and oxygen atoms in total. The van der Waals surface area contributed by atoms with Crippen LogP contribution in [-0.4, -0.2) is 39.0 Å². The molecular weight excluding hydrogens is 506 g/mol. The molecule has 146 valence electrons. The van der Waals surface area contributed by atoms with E-state index in [0.717, 1.165) is 12.8 Å². The first kappa shape index (κ1) is 19.5. The Balaban J connectivity index is 1.60. The quantitative estimate of drug-likeness (QED) is 0.224. The van der Waals surface area contributed by atoms with Gasteiger partial charge in [-0.3, -0.25) is 0 Å². The van der Waals surface area contributed by atoms with E-state index in [9.17, 15) is 0 Å². The van der Waals surface area contributed by atoms with E-state index in [0.29, 0.717) is 29.0 Å². The summed E-state index contributed by atoms with van der Waals surface area (Å²) in [6.07, 6.45) is 13.6. The number of allylic oxidation sites excluding steroid dienone is 2. The molecule has 0 aliphatic carbocycles. The number of unbranched alkanes of at least 4 members (excludes halogenated alkanes) is 2. The van der Waals surface area contributed by atoms with Crippen LogP contribution in [0.3, 0.4) is 0 Å². The molecule has 5 heteroatoms. The van der Waals surface area contributed by atoms with Gasteiger partial charge < -0.3 is 0 Å². The maximum atomic E-state index is 4.89. The van der Waals surface area contributed by atoms with Gasteiger partial charge in [0, 0.05) is 0 Å². The second kappa shape index (κ2) is 8.33. The van der Waals surface area contributed by atoms with E-state index in [1.807, 2.05) is 11.3 Å². The van der Waals surface area contributed by atoms with Crippen LogP contribution in [0, 0.1) is 0 Å². The third-order valence-electron chi connectivity index (χ3n) is 4.95. The van der Waals surface area contributed by atoms with Gasteiger partial charge in [0.05, 0.1) is 0 Å². The van der Waals surface area contributed by atoms with Crippen molar-refractivity contribution in [1.82, 2.24) is 9.97 Å². The zero-order valence-corrected chi connectivity index (χ0v) is 20.8. The van der Waals surface area contributed by atoms with Gasteiger partial charge in [0.1, 0.15) is 0 Å². The molecule has 0 spiro atoms. The molecule has 0 N–H and O–H groups in total. The molecule has 29 heavy (non-hydrogen) atoms. The van der Waals surface area contributed by atoms with Crippen LogP contribution in [0.25, 0.3) is 51.9 Å². The number of nitrogens with zero attached hydrogens (tertiary/aromatic N) is 2. The second-order valence-electron chi connectivity index (χ2n) is 7.22. The monoisotopic (exact) mass is 530 g/mol. The van der Waals surface area contributed by atoms with Crippen molar-refractivity contribution in [2.24, 2.45) is 0 Å². The van der Waals surface area contributed by atoms with Crippen molar-refractivity contribution < 1.29 is 0 Å². The van der Waals surface area contributed by atoms with Crippen molar-refractivity contribution >= 4 is 92.2 Å². The summed E-state index contributed by atoms with van der Waals surface area (Å²) in [7, 11) is 0. The molecule has 0 saturated heterocycles. The minimum atomic E-state index is 0.322. The predicted octanol–water partition coefficient (Wildman–Crippen LogP) is 6.89. The van der Waals surface area contributed by atoms with Gasteiger partial charge in [-0.25, -0.2) is 0 Å². The Labute approximate surface area is 186 Å². The molecule has 0 radical (unpaired) electrons. The average molecular weight is 528 g/mol. The van der Waals surface area contributed by atoms with Crippen LogP contribution in [0.5, 0.6) is 0 Å². The Morgan fingerprint density at radius 1 is 0.759 bits per heavy atom. The summed E-state index contributed by atoms with van der Waals surface area (Å²) in [5.74, 6) is 0. The predicted molar refractivity (Wildman–Crippen MR) is 132 cm³/mol. The average Bonchev–Trinajstić information content (AvgIpc) is 3.38. The first-order chi connectivity index (χ1) is 14.2. The van der Waals surface area contributed by atoms with Crippen LogP contribution < -0.4 is 0 Å². The number of fused-ring (bicyclic) bond motifs is 5. The van der Waals surface area contributed by atoms with Crippen LogP contribution in [0.2, 0.25) is 0 Å². The van der Waals surface area contributed by atoms with Crippen molar-refractivity contribution in [3.63, 3.8) is 0 Å². The summed E-state index contributed by atoms with van der Waals surface area (Å²) in [6, 6.07) is 9.42. The molecule has 0 fully saturated rings. The van der Waals surface area contributed by atoms with Gasteiger partial charge in [0.15, 0.2) is 0 Å². The third-order valence-corrected chi connectivity index (χ3v) is 10.2. The Morgan fingerprint density at radius 3 is 1.69 bits per heavy atom. The summed E-state index contributed by atoms with van der Waals surface area (Å²) < 4.78 is 8.05. The Hall–Kier alpha value is -1.48. The topological polar surface area (TPSA) is 25.8 Å². The summed E-state index contributed by atoms with van der Waals surface area (Å²) >= 11 is 2.52.